The Bertz CT molecular complexity index is 1540. The zero-order valence-electron chi connectivity index (χ0n) is 19.1. The molecule has 0 radical (unpaired) electrons. The van der Waals surface area contributed by atoms with Crippen LogP contribution in [0.15, 0.2) is 59.1 Å². The van der Waals surface area contributed by atoms with E-state index >= 15 is 0 Å². The number of pyridine rings is 1. The van der Waals surface area contributed by atoms with Crippen molar-refractivity contribution in [3.8, 4) is 11.3 Å². The summed E-state index contributed by atoms with van der Waals surface area (Å²) in [6.07, 6.45) is 1.89. The lowest BCUT2D eigenvalue weighted by Crippen LogP contribution is -2.20. The molecule has 2 heterocycles. The minimum Gasteiger partial charge on any atom is -0.456 e. The highest BCUT2D eigenvalue weighted by atomic mass is 16.3. The predicted octanol–water partition coefficient (Wildman–Crippen LogP) is 8.05. The van der Waals surface area contributed by atoms with Crippen LogP contribution in [0, 0.1) is 6.92 Å². The molecule has 154 valence electrons. The van der Waals surface area contributed by atoms with Gasteiger partial charge in [-0.2, -0.15) is 0 Å². The minimum absolute atomic E-state index is 0.00446. The second-order valence-corrected chi connectivity index (χ2v) is 10.6. The molecular weight excluding hydrogens is 378 g/mol. The summed E-state index contributed by atoms with van der Waals surface area (Å²) in [4.78, 5) is 4.92. The van der Waals surface area contributed by atoms with E-state index in [0.29, 0.717) is 0 Å². The van der Waals surface area contributed by atoms with Crippen molar-refractivity contribution < 1.29 is 4.42 Å². The number of aromatic nitrogens is 1. The van der Waals surface area contributed by atoms with Gasteiger partial charge >= 0.3 is 0 Å². The number of rotatable bonds is 0. The standard InChI is InChI=1S/C29H27NO/c1-16-7-8-17-14-19-22(15-18(17)13-16)29(5,6)20-9-10-21(28(2,3)4)27-24(20)25-23(31-27)11-12-30-26(19)25/h7-15H,1-6H3. The Balaban J connectivity index is 1.85. The molecule has 6 rings (SSSR count). The molecular formula is C29H27NO. The van der Waals surface area contributed by atoms with Gasteiger partial charge in [-0.15, -0.1) is 0 Å². The predicted molar refractivity (Wildman–Crippen MR) is 130 cm³/mol. The number of hydrogen-bond acceptors (Lipinski definition) is 2. The van der Waals surface area contributed by atoms with E-state index in [9.17, 15) is 0 Å². The first-order chi connectivity index (χ1) is 14.7. The van der Waals surface area contributed by atoms with E-state index < -0.39 is 0 Å². The van der Waals surface area contributed by atoms with Gasteiger partial charge in [-0.3, -0.25) is 4.98 Å². The first-order valence-electron chi connectivity index (χ1n) is 11.1. The third-order valence-corrected chi connectivity index (χ3v) is 7.07. The summed E-state index contributed by atoms with van der Waals surface area (Å²) in [6, 6.07) is 18.0. The quantitative estimate of drug-likeness (QED) is 0.260. The third kappa shape index (κ3) is 2.42. The molecule has 0 aliphatic heterocycles. The monoisotopic (exact) mass is 405 g/mol. The molecule has 0 saturated carbocycles. The lowest BCUT2D eigenvalue weighted by molar-refractivity contribution is 0.570. The lowest BCUT2D eigenvalue weighted by Gasteiger charge is -2.29. The van der Waals surface area contributed by atoms with E-state index in [0.717, 1.165) is 22.2 Å². The second-order valence-electron chi connectivity index (χ2n) is 10.6. The molecule has 1 aliphatic rings. The van der Waals surface area contributed by atoms with Crippen LogP contribution in [-0.2, 0) is 10.8 Å². The van der Waals surface area contributed by atoms with Crippen molar-refractivity contribution in [1.82, 2.24) is 4.98 Å². The van der Waals surface area contributed by atoms with Crippen LogP contribution in [0.4, 0.5) is 0 Å². The van der Waals surface area contributed by atoms with Crippen molar-refractivity contribution in [2.24, 2.45) is 0 Å². The van der Waals surface area contributed by atoms with Crippen molar-refractivity contribution in [1.29, 1.82) is 0 Å². The first kappa shape index (κ1) is 18.6. The molecule has 0 bridgehead atoms. The van der Waals surface area contributed by atoms with Gasteiger partial charge < -0.3 is 4.42 Å². The van der Waals surface area contributed by atoms with Crippen LogP contribution in [0.2, 0.25) is 0 Å². The molecule has 1 aliphatic carbocycles. The topological polar surface area (TPSA) is 26.0 Å². The summed E-state index contributed by atoms with van der Waals surface area (Å²) in [5.74, 6) is 0. The minimum atomic E-state index is -0.181. The zero-order valence-corrected chi connectivity index (χ0v) is 19.1. The van der Waals surface area contributed by atoms with Crippen LogP contribution in [-0.4, -0.2) is 4.98 Å². The van der Waals surface area contributed by atoms with Crippen LogP contribution in [0.3, 0.4) is 0 Å². The highest BCUT2D eigenvalue weighted by molar-refractivity contribution is 6.16. The van der Waals surface area contributed by atoms with Crippen LogP contribution < -0.4 is 0 Å². The highest BCUT2D eigenvalue weighted by Crippen LogP contribution is 2.51. The van der Waals surface area contributed by atoms with Gasteiger partial charge in [0, 0.05) is 28.1 Å². The van der Waals surface area contributed by atoms with Gasteiger partial charge in [-0.05, 0) is 52.4 Å². The average Bonchev–Trinajstić information content (AvgIpc) is 3.07. The molecule has 31 heavy (non-hydrogen) atoms. The van der Waals surface area contributed by atoms with Crippen molar-refractivity contribution in [2.45, 2.75) is 52.4 Å². The number of hydrogen-bond donors (Lipinski definition) is 0. The normalized spacial score (nSPS) is 15.0. The zero-order chi connectivity index (χ0) is 21.7. The Morgan fingerprint density at radius 3 is 2.42 bits per heavy atom. The summed E-state index contributed by atoms with van der Waals surface area (Å²) < 4.78 is 6.54. The lowest BCUT2D eigenvalue weighted by atomic mass is 9.74. The van der Waals surface area contributed by atoms with Gasteiger partial charge in [-0.1, -0.05) is 70.5 Å². The van der Waals surface area contributed by atoms with Crippen molar-refractivity contribution in [2.75, 3.05) is 0 Å². The maximum absolute atomic E-state index is 6.54. The fourth-order valence-corrected chi connectivity index (χ4v) is 5.41. The van der Waals surface area contributed by atoms with Crippen LogP contribution in [0.25, 0.3) is 44.0 Å². The third-order valence-electron chi connectivity index (χ3n) is 7.07. The van der Waals surface area contributed by atoms with Crippen molar-refractivity contribution >= 4 is 32.7 Å². The molecule has 2 aromatic heterocycles. The van der Waals surface area contributed by atoms with Gasteiger partial charge in [-0.25, -0.2) is 0 Å². The summed E-state index contributed by atoms with van der Waals surface area (Å²) in [5.41, 5.74) is 9.16. The molecule has 0 saturated heterocycles. The molecule has 0 atom stereocenters. The molecule has 5 aromatic rings. The summed E-state index contributed by atoms with van der Waals surface area (Å²) in [6.45, 7) is 13.6. The average molecular weight is 406 g/mol. The summed E-state index contributed by atoms with van der Waals surface area (Å²) >= 11 is 0. The van der Waals surface area contributed by atoms with Gasteiger partial charge in [0.05, 0.1) is 11.1 Å². The Hall–Kier alpha value is -3.13. The Morgan fingerprint density at radius 1 is 0.839 bits per heavy atom. The maximum atomic E-state index is 6.54. The van der Waals surface area contributed by atoms with Crippen LogP contribution in [0.5, 0.6) is 0 Å². The van der Waals surface area contributed by atoms with Crippen molar-refractivity contribution in [3.05, 3.63) is 77.0 Å². The Morgan fingerprint density at radius 2 is 1.65 bits per heavy atom. The van der Waals surface area contributed by atoms with Gasteiger partial charge in [0.2, 0.25) is 0 Å². The maximum Gasteiger partial charge on any atom is 0.139 e. The molecule has 2 nitrogen and oxygen atoms in total. The van der Waals surface area contributed by atoms with Gasteiger partial charge in [0.15, 0.2) is 0 Å². The van der Waals surface area contributed by atoms with E-state index in [1.165, 1.54) is 44.0 Å². The fraction of sp³-hybridized carbons (Fsp3) is 0.276. The van der Waals surface area contributed by atoms with Crippen molar-refractivity contribution in [3.63, 3.8) is 0 Å². The largest absolute Gasteiger partial charge is 0.456 e. The molecule has 0 unspecified atom stereocenters. The Kier molecular flexibility index (Phi) is 3.46. The number of fused-ring (bicyclic) bond motifs is 3. The van der Waals surface area contributed by atoms with Gasteiger partial charge in [0.25, 0.3) is 0 Å². The van der Waals surface area contributed by atoms with E-state index in [2.05, 4.69) is 84.0 Å². The molecule has 0 amide bonds. The Labute approximate surface area is 182 Å². The number of benzene rings is 3. The molecule has 2 heteroatoms. The SMILES string of the molecule is Cc1ccc2cc3c(cc2c1)C(C)(C)c1ccc(C(C)(C)C)c2oc4ccnc-3c4c12. The van der Waals surface area contributed by atoms with Gasteiger partial charge in [0.1, 0.15) is 11.2 Å². The fourth-order valence-electron chi connectivity index (χ4n) is 5.41. The van der Waals surface area contributed by atoms with E-state index in [1.54, 1.807) is 0 Å². The van der Waals surface area contributed by atoms with E-state index in [-0.39, 0.29) is 10.8 Å². The molecule has 3 aromatic carbocycles. The van der Waals surface area contributed by atoms with E-state index in [4.69, 9.17) is 9.40 Å². The second kappa shape index (κ2) is 5.76. The number of furan rings is 1. The molecule has 0 N–H and O–H groups in total. The number of nitrogens with zero attached hydrogens (tertiary/aromatic N) is 1. The summed E-state index contributed by atoms with van der Waals surface area (Å²) in [7, 11) is 0. The van der Waals surface area contributed by atoms with E-state index in [1.807, 2.05) is 12.3 Å². The molecule has 0 spiro atoms. The highest BCUT2D eigenvalue weighted by Gasteiger charge is 2.36. The van der Waals surface area contributed by atoms with Crippen LogP contribution >= 0.6 is 0 Å². The molecule has 0 fully saturated rings. The first-order valence-corrected chi connectivity index (χ1v) is 11.1. The summed E-state index contributed by atoms with van der Waals surface area (Å²) in [5, 5.41) is 4.91. The number of aryl methyl sites for hydroxylation is 1. The smallest absolute Gasteiger partial charge is 0.139 e. The van der Waals surface area contributed by atoms with Crippen LogP contribution in [0.1, 0.15) is 56.9 Å².